The van der Waals surface area contributed by atoms with Crippen LogP contribution in [-0.4, -0.2) is 14.5 Å². The van der Waals surface area contributed by atoms with Gasteiger partial charge in [0.25, 0.3) is 0 Å². The number of furan rings is 1. The van der Waals surface area contributed by atoms with E-state index in [0.29, 0.717) is 28.7 Å². The molecule has 0 saturated carbocycles. The molecule has 0 saturated heterocycles. The van der Waals surface area contributed by atoms with Crippen molar-refractivity contribution in [2.75, 3.05) is 0 Å². The van der Waals surface area contributed by atoms with Gasteiger partial charge in [0, 0.05) is 47.6 Å². The Kier molecular flexibility index (Phi) is 4.32. The average Bonchev–Trinajstić information content (AvgIpc) is 3.49. The van der Waals surface area contributed by atoms with Crippen molar-refractivity contribution >= 4 is 21.9 Å². The zero-order chi connectivity index (χ0) is 21.3. The SMILES string of the molecule is c1ccc(Oc2cc(Oc3cccc(-n4ccnc4)c3)c3oc4ccccc4c3c2)nc1. The molecular formula is C26H17N3O3. The normalized spacial score (nSPS) is 11.1. The molecule has 0 fully saturated rings. The third-order valence-electron chi connectivity index (χ3n) is 5.13. The van der Waals surface area contributed by atoms with E-state index in [1.807, 2.05) is 89.6 Å². The van der Waals surface area contributed by atoms with Gasteiger partial charge in [-0.05, 0) is 30.3 Å². The molecule has 3 aromatic carbocycles. The van der Waals surface area contributed by atoms with Crippen LogP contribution in [0.15, 0.2) is 108 Å². The first-order valence-corrected chi connectivity index (χ1v) is 10.1. The van der Waals surface area contributed by atoms with Crippen LogP contribution in [0.5, 0.6) is 23.1 Å². The standard InChI is InChI=1S/C26H17N3O3/c1-2-9-23-21(8-1)22-15-20(31-25-10-3-4-11-28-25)16-24(26(22)32-23)30-19-7-5-6-18(14-19)29-13-12-27-17-29/h1-17H. The number of rotatable bonds is 5. The number of hydrogen-bond donors (Lipinski definition) is 0. The van der Waals surface area contributed by atoms with E-state index in [9.17, 15) is 0 Å². The van der Waals surface area contributed by atoms with Crippen LogP contribution in [0.25, 0.3) is 27.6 Å². The highest BCUT2D eigenvalue weighted by molar-refractivity contribution is 6.07. The lowest BCUT2D eigenvalue weighted by Crippen LogP contribution is -1.92. The van der Waals surface area contributed by atoms with Crippen molar-refractivity contribution in [1.82, 2.24) is 14.5 Å². The van der Waals surface area contributed by atoms with Crippen molar-refractivity contribution < 1.29 is 13.9 Å². The van der Waals surface area contributed by atoms with Crippen molar-refractivity contribution in [2.24, 2.45) is 0 Å². The van der Waals surface area contributed by atoms with Gasteiger partial charge in [-0.15, -0.1) is 0 Å². The summed E-state index contributed by atoms with van der Waals surface area (Å²) in [6.07, 6.45) is 7.07. The van der Waals surface area contributed by atoms with Crippen molar-refractivity contribution in [3.63, 3.8) is 0 Å². The van der Waals surface area contributed by atoms with Gasteiger partial charge < -0.3 is 18.5 Å². The van der Waals surface area contributed by atoms with Crippen LogP contribution in [0.2, 0.25) is 0 Å². The second-order valence-electron chi connectivity index (χ2n) is 7.24. The van der Waals surface area contributed by atoms with E-state index in [-0.39, 0.29) is 0 Å². The summed E-state index contributed by atoms with van der Waals surface area (Å²) in [6, 6.07) is 25.0. The van der Waals surface area contributed by atoms with Gasteiger partial charge in [-0.2, -0.15) is 0 Å². The molecule has 6 rings (SSSR count). The van der Waals surface area contributed by atoms with E-state index in [1.54, 1.807) is 18.7 Å². The lowest BCUT2D eigenvalue weighted by molar-refractivity contribution is 0.448. The summed E-state index contributed by atoms with van der Waals surface area (Å²) in [6.45, 7) is 0. The van der Waals surface area contributed by atoms with Gasteiger partial charge in [0.1, 0.15) is 17.1 Å². The number of pyridine rings is 1. The van der Waals surface area contributed by atoms with Gasteiger partial charge in [-0.25, -0.2) is 9.97 Å². The number of para-hydroxylation sites is 1. The van der Waals surface area contributed by atoms with E-state index < -0.39 is 0 Å². The van der Waals surface area contributed by atoms with Crippen LogP contribution < -0.4 is 9.47 Å². The monoisotopic (exact) mass is 419 g/mol. The molecule has 0 unspecified atom stereocenters. The van der Waals surface area contributed by atoms with Crippen LogP contribution in [0, 0.1) is 0 Å². The van der Waals surface area contributed by atoms with Crippen LogP contribution >= 0.6 is 0 Å². The highest BCUT2D eigenvalue weighted by Gasteiger charge is 2.16. The minimum Gasteiger partial charge on any atom is -0.453 e. The fourth-order valence-corrected chi connectivity index (χ4v) is 3.68. The number of fused-ring (bicyclic) bond motifs is 3. The Labute approximate surface area is 183 Å². The molecule has 0 atom stereocenters. The van der Waals surface area contributed by atoms with E-state index >= 15 is 0 Å². The van der Waals surface area contributed by atoms with Crippen LogP contribution in [0.1, 0.15) is 0 Å². The van der Waals surface area contributed by atoms with E-state index in [4.69, 9.17) is 13.9 Å². The van der Waals surface area contributed by atoms with Crippen molar-refractivity contribution in [1.29, 1.82) is 0 Å². The predicted molar refractivity (Wildman–Crippen MR) is 122 cm³/mol. The second kappa shape index (κ2) is 7.59. The molecule has 0 radical (unpaired) electrons. The second-order valence-corrected chi connectivity index (χ2v) is 7.24. The molecule has 0 spiro atoms. The smallest absolute Gasteiger partial charge is 0.219 e. The fraction of sp³-hybridized carbons (Fsp3) is 0. The van der Waals surface area contributed by atoms with Crippen molar-refractivity contribution in [3.8, 4) is 28.8 Å². The van der Waals surface area contributed by atoms with E-state index in [1.165, 1.54) is 0 Å². The molecular weight excluding hydrogens is 402 g/mol. The Morgan fingerprint density at radius 3 is 2.56 bits per heavy atom. The summed E-state index contributed by atoms with van der Waals surface area (Å²) >= 11 is 0. The molecule has 0 amide bonds. The predicted octanol–water partition coefficient (Wildman–Crippen LogP) is 6.75. The van der Waals surface area contributed by atoms with Crippen molar-refractivity contribution in [3.05, 3.63) is 104 Å². The van der Waals surface area contributed by atoms with Gasteiger partial charge in [0.2, 0.25) is 5.88 Å². The zero-order valence-corrected chi connectivity index (χ0v) is 16.9. The first-order valence-electron chi connectivity index (χ1n) is 10.1. The molecule has 154 valence electrons. The number of ether oxygens (including phenoxy) is 2. The lowest BCUT2D eigenvalue weighted by Gasteiger charge is -2.11. The Bertz CT molecular complexity index is 1520. The summed E-state index contributed by atoms with van der Waals surface area (Å²) in [4.78, 5) is 8.38. The van der Waals surface area contributed by atoms with Crippen LogP contribution in [0.4, 0.5) is 0 Å². The molecule has 0 aliphatic rings. The van der Waals surface area contributed by atoms with Gasteiger partial charge in [0.15, 0.2) is 11.3 Å². The lowest BCUT2D eigenvalue weighted by atomic mass is 10.1. The highest BCUT2D eigenvalue weighted by atomic mass is 16.5. The molecule has 6 aromatic rings. The number of benzene rings is 3. The highest BCUT2D eigenvalue weighted by Crippen LogP contribution is 2.41. The minimum atomic E-state index is 0.507. The summed E-state index contributed by atoms with van der Waals surface area (Å²) in [5.74, 6) is 2.36. The molecule has 3 aromatic heterocycles. The maximum atomic E-state index is 6.31. The molecule has 6 heteroatoms. The van der Waals surface area contributed by atoms with E-state index in [0.717, 1.165) is 22.0 Å². The van der Waals surface area contributed by atoms with Crippen LogP contribution in [-0.2, 0) is 0 Å². The zero-order valence-electron chi connectivity index (χ0n) is 16.9. The molecule has 0 bridgehead atoms. The maximum absolute atomic E-state index is 6.31. The third kappa shape index (κ3) is 3.33. The largest absolute Gasteiger partial charge is 0.453 e. The molecule has 0 N–H and O–H groups in total. The van der Waals surface area contributed by atoms with E-state index in [2.05, 4.69) is 9.97 Å². The van der Waals surface area contributed by atoms with Gasteiger partial charge in [0.05, 0.1) is 12.0 Å². The summed E-state index contributed by atoms with van der Waals surface area (Å²) in [5.41, 5.74) is 2.39. The molecule has 32 heavy (non-hydrogen) atoms. The maximum Gasteiger partial charge on any atom is 0.219 e. The van der Waals surface area contributed by atoms with Gasteiger partial charge in [-0.3, -0.25) is 0 Å². The topological polar surface area (TPSA) is 62.3 Å². The Morgan fingerprint density at radius 1 is 0.750 bits per heavy atom. The third-order valence-corrected chi connectivity index (χ3v) is 5.13. The number of imidazole rings is 1. The molecule has 0 aliphatic heterocycles. The average molecular weight is 419 g/mol. The number of aromatic nitrogens is 3. The Morgan fingerprint density at radius 2 is 1.69 bits per heavy atom. The first-order chi connectivity index (χ1) is 15.8. The number of hydrogen-bond acceptors (Lipinski definition) is 5. The van der Waals surface area contributed by atoms with Gasteiger partial charge in [-0.1, -0.05) is 30.3 Å². The molecule has 6 nitrogen and oxygen atoms in total. The first kappa shape index (κ1) is 18.2. The molecule has 3 heterocycles. The Hall–Kier alpha value is -4.58. The quantitative estimate of drug-likeness (QED) is 0.309. The molecule has 0 aliphatic carbocycles. The van der Waals surface area contributed by atoms with Crippen molar-refractivity contribution in [2.45, 2.75) is 0 Å². The summed E-state index contributed by atoms with van der Waals surface area (Å²) in [5, 5.41) is 1.90. The van der Waals surface area contributed by atoms with Gasteiger partial charge >= 0.3 is 0 Å². The van der Waals surface area contributed by atoms with Crippen LogP contribution in [0.3, 0.4) is 0 Å². The fourth-order valence-electron chi connectivity index (χ4n) is 3.68. The Balaban J connectivity index is 1.47. The summed E-state index contributed by atoms with van der Waals surface area (Å²) in [7, 11) is 0. The summed E-state index contributed by atoms with van der Waals surface area (Å²) < 4.78 is 20.4. The number of nitrogens with zero attached hydrogens (tertiary/aromatic N) is 3. The minimum absolute atomic E-state index is 0.507.